The zero-order valence-electron chi connectivity index (χ0n) is 29.7. The summed E-state index contributed by atoms with van der Waals surface area (Å²) < 4.78 is 7.56. The van der Waals surface area contributed by atoms with Crippen LogP contribution in [0.5, 0.6) is 0 Å². The molecule has 3 saturated carbocycles. The lowest BCUT2D eigenvalue weighted by Crippen LogP contribution is -2.57. The fourth-order valence-electron chi connectivity index (χ4n) is 10.5. The van der Waals surface area contributed by atoms with Crippen molar-refractivity contribution in [1.29, 1.82) is 0 Å². The molecule has 0 radical (unpaired) electrons. The maximum absolute atomic E-state index is 13.1. The number of aldehydes is 2. The van der Waals surface area contributed by atoms with Crippen molar-refractivity contribution < 1.29 is 19.1 Å². The molecule has 256 valence electrons. The molecule has 3 aliphatic rings. The second-order valence-corrected chi connectivity index (χ2v) is 21.4. The number of aliphatic hydroxyl groups is 1. The highest BCUT2D eigenvalue weighted by Gasteiger charge is 2.64. The molecule has 6 rings (SSSR count). The first-order valence-corrected chi connectivity index (χ1v) is 20.7. The Kier molecular flexibility index (Phi) is 9.80. The minimum Gasteiger partial charge on any atom is -0.413 e. The van der Waals surface area contributed by atoms with Gasteiger partial charge in [-0.3, -0.25) is 0 Å². The summed E-state index contributed by atoms with van der Waals surface area (Å²) in [7, 11) is -2.49. The van der Waals surface area contributed by atoms with Gasteiger partial charge >= 0.3 is 0 Å². The van der Waals surface area contributed by atoms with Crippen molar-refractivity contribution in [1.82, 2.24) is 0 Å². The third-order valence-electron chi connectivity index (χ3n) is 13.7. The Hall–Kier alpha value is -2.86. The van der Waals surface area contributed by atoms with Crippen LogP contribution < -0.4 is 0 Å². The lowest BCUT2D eigenvalue weighted by Gasteiger charge is -2.57. The summed E-state index contributed by atoms with van der Waals surface area (Å²) in [5, 5.41) is 12.2. The number of carbonyl (C=O) groups is 2. The van der Waals surface area contributed by atoms with Crippen LogP contribution in [0.1, 0.15) is 96.3 Å². The van der Waals surface area contributed by atoms with E-state index in [0.29, 0.717) is 12.8 Å². The molecule has 3 fully saturated rings. The van der Waals surface area contributed by atoms with Crippen molar-refractivity contribution in [2.45, 2.75) is 108 Å². The van der Waals surface area contributed by atoms with Gasteiger partial charge in [-0.25, -0.2) is 0 Å². The van der Waals surface area contributed by atoms with Crippen LogP contribution in [-0.2, 0) is 31.7 Å². The SMILES string of the molecule is CC(C)(C)[Si](Cc1ccccc1)(Cc1ccccc1)O[C@H]1CC[C@](C)([C@H]2CC[C@@]3(C)[C@@H](CC[C@@]3(O)c3ccccc3)[C@@H]2C=O)[C@@H](C=O)C1. The summed E-state index contributed by atoms with van der Waals surface area (Å²) in [5.41, 5.74) is 1.98. The second-order valence-electron chi connectivity index (χ2n) is 17.0. The standard InChI is InChI=1S/C43H56O4Si/c1-40(2,3)48(30-32-15-9-6-10-16-32,31-33-17-11-7-12-18-33)47-36-21-24-41(4,35(27-36)28-44)38-22-25-42(5)39(37(38)29-45)23-26-43(42,46)34-19-13-8-14-20-34/h6-20,28-29,35-39,46H,21-27,30-31H2,1-5H3/t35-,36+,37-,38+,39+,41+,42+,43-/m1/s1. The summed E-state index contributed by atoms with van der Waals surface area (Å²) in [4.78, 5) is 26.2. The van der Waals surface area contributed by atoms with Gasteiger partial charge in [-0.1, -0.05) is 126 Å². The van der Waals surface area contributed by atoms with Crippen molar-refractivity contribution in [2.24, 2.45) is 34.5 Å². The van der Waals surface area contributed by atoms with Gasteiger partial charge in [-0.2, -0.15) is 0 Å². The Balaban J connectivity index is 1.26. The summed E-state index contributed by atoms with van der Waals surface area (Å²) in [6, 6.07) is 33.5. The van der Waals surface area contributed by atoms with E-state index in [2.05, 4.69) is 95.3 Å². The van der Waals surface area contributed by atoms with E-state index >= 15 is 0 Å². The monoisotopic (exact) mass is 664 g/mol. The number of benzene rings is 3. The van der Waals surface area contributed by atoms with Gasteiger partial charge in [0.2, 0.25) is 8.32 Å². The fraction of sp³-hybridized carbons (Fsp3) is 0.535. The first kappa shape index (κ1) is 35.0. The molecular weight excluding hydrogens is 609 g/mol. The average molecular weight is 665 g/mol. The van der Waals surface area contributed by atoms with Gasteiger partial charge in [0.05, 0.1) is 5.60 Å². The number of hydrogen-bond acceptors (Lipinski definition) is 4. The topological polar surface area (TPSA) is 63.6 Å². The minimum atomic E-state index is -2.49. The Morgan fingerprint density at radius 3 is 1.81 bits per heavy atom. The molecule has 1 N–H and O–H groups in total. The van der Waals surface area contributed by atoms with E-state index in [4.69, 9.17) is 4.43 Å². The van der Waals surface area contributed by atoms with E-state index in [1.54, 1.807) is 0 Å². The van der Waals surface area contributed by atoms with Crippen LogP contribution in [0, 0.1) is 34.5 Å². The first-order valence-electron chi connectivity index (χ1n) is 18.3. The van der Waals surface area contributed by atoms with Crippen molar-refractivity contribution in [3.8, 4) is 0 Å². The molecule has 0 aliphatic heterocycles. The lowest BCUT2D eigenvalue weighted by molar-refractivity contribution is -0.153. The molecule has 0 amide bonds. The second kappa shape index (κ2) is 13.5. The van der Waals surface area contributed by atoms with Gasteiger partial charge in [0, 0.05) is 23.4 Å². The smallest absolute Gasteiger partial charge is 0.207 e. The lowest BCUT2D eigenvalue weighted by atomic mass is 9.48. The number of rotatable bonds is 10. The highest BCUT2D eigenvalue weighted by molar-refractivity contribution is 6.75. The third-order valence-corrected chi connectivity index (χ3v) is 19.2. The minimum absolute atomic E-state index is 0.00443. The van der Waals surface area contributed by atoms with Gasteiger partial charge in [-0.15, -0.1) is 0 Å². The molecule has 0 heterocycles. The summed E-state index contributed by atoms with van der Waals surface area (Å²) in [6.45, 7) is 11.5. The summed E-state index contributed by atoms with van der Waals surface area (Å²) >= 11 is 0. The maximum atomic E-state index is 13.1. The van der Waals surface area contributed by atoms with Crippen LogP contribution in [0.2, 0.25) is 5.04 Å². The van der Waals surface area contributed by atoms with Gasteiger partial charge in [-0.05, 0) is 96.0 Å². The van der Waals surface area contributed by atoms with E-state index in [0.717, 1.165) is 49.8 Å². The van der Waals surface area contributed by atoms with Crippen LogP contribution in [0.4, 0.5) is 0 Å². The van der Waals surface area contributed by atoms with Crippen LogP contribution in [0.15, 0.2) is 91.0 Å². The Bertz CT molecular complexity index is 1500. The highest BCUT2D eigenvalue weighted by Crippen LogP contribution is 2.67. The first-order chi connectivity index (χ1) is 22.9. The maximum Gasteiger partial charge on any atom is 0.207 e. The van der Waals surface area contributed by atoms with Gasteiger partial charge in [0.25, 0.3) is 0 Å². The summed E-state index contributed by atoms with van der Waals surface area (Å²) in [5.74, 6) is -0.149. The molecule has 8 atom stereocenters. The number of fused-ring (bicyclic) bond motifs is 1. The molecule has 0 aromatic heterocycles. The summed E-state index contributed by atoms with van der Waals surface area (Å²) in [6.07, 6.45) is 8.05. The van der Waals surface area contributed by atoms with E-state index in [1.807, 2.05) is 30.3 Å². The van der Waals surface area contributed by atoms with E-state index in [9.17, 15) is 14.7 Å². The Morgan fingerprint density at radius 2 is 1.29 bits per heavy atom. The van der Waals surface area contributed by atoms with E-state index in [-0.39, 0.29) is 45.6 Å². The van der Waals surface area contributed by atoms with Crippen LogP contribution in [0.3, 0.4) is 0 Å². The molecule has 0 saturated heterocycles. The Morgan fingerprint density at radius 1 is 0.750 bits per heavy atom. The molecular formula is C43H56O4Si. The zero-order chi connectivity index (χ0) is 34.2. The predicted octanol–water partition coefficient (Wildman–Crippen LogP) is 9.22. The van der Waals surface area contributed by atoms with Gasteiger partial charge in [0.1, 0.15) is 12.6 Å². The Labute approximate surface area is 289 Å². The molecule has 3 aromatic carbocycles. The van der Waals surface area contributed by atoms with E-state index in [1.165, 1.54) is 23.7 Å². The zero-order valence-corrected chi connectivity index (χ0v) is 30.7. The fourth-order valence-corrected chi connectivity index (χ4v) is 14.8. The molecule has 3 aromatic rings. The van der Waals surface area contributed by atoms with Gasteiger partial charge in [0.15, 0.2) is 0 Å². The molecule has 48 heavy (non-hydrogen) atoms. The predicted molar refractivity (Wildman–Crippen MR) is 196 cm³/mol. The molecule has 4 nitrogen and oxygen atoms in total. The van der Waals surface area contributed by atoms with Crippen LogP contribution in [0.25, 0.3) is 0 Å². The highest BCUT2D eigenvalue weighted by atomic mass is 28.4. The van der Waals surface area contributed by atoms with Crippen LogP contribution >= 0.6 is 0 Å². The molecule has 5 heteroatoms. The van der Waals surface area contributed by atoms with Crippen molar-refractivity contribution in [3.63, 3.8) is 0 Å². The normalized spacial score (nSPS) is 33.9. The van der Waals surface area contributed by atoms with Crippen LogP contribution in [-0.4, -0.2) is 32.1 Å². The third kappa shape index (κ3) is 6.09. The molecule has 0 unspecified atom stereocenters. The number of hydrogen-bond donors (Lipinski definition) is 1. The van der Waals surface area contributed by atoms with E-state index < -0.39 is 13.9 Å². The van der Waals surface area contributed by atoms with Crippen molar-refractivity contribution in [3.05, 3.63) is 108 Å². The molecule has 3 aliphatic carbocycles. The van der Waals surface area contributed by atoms with Crippen molar-refractivity contribution in [2.75, 3.05) is 0 Å². The quantitative estimate of drug-likeness (QED) is 0.173. The average Bonchev–Trinajstić information content (AvgIpc) is 3.37. The number of carbonyl (C=O) groups excluding carboxylic acids is 2. The largest absolute Gasteiger partial charge is 0.413 e. The molecule has 0 bridgehead atoms. The van der Waals surface area contributed by atoms with Gasteiger partial charge < -0.3 is 19.1 Å². The molecule has 0 spiro atoms. The van der Waals surface area contributed by atoms with Crippen molar-refractivity contribution >= 4 is 20.9 Å².